The van der Waals surface area contributed by atoms with Crippen molar-refractivity contribution >= 4 is 18.1 Å². The quantitative estimate of drug-likeness (QED) is 0.817. The second kappa shape index (κ2) is 6.88. The zero-order chi connectivity index (χ0) is 16.3. The van der Waals surface area contributed by atoms with Crippen molar-refractivity contribution in [2.75, 3.05) is 17.6 Å². The number of rotatable bonds is 6. The second-order valence-corrected chi connectivity index (χ2v) is 9.84. The molecule has 2 aromatic rings. The van der Waals surface area contributed by atoms with Crippen molar-refractivity contribution in [3.63, 3.8) is 0 Å². The van der Waals surface area contributed by atoms with Gasteiger partial charge in [-0.05, 0) is 30.9 Å². The number of hydrogen-bond donors (Lipinski definition) is 1. The van der Waals surface area contributed by atoms with E-state index in [-0.39, 0.29) is 0 Å². The molecule has 3 rings (SSSR count). The molecule has 23 heavy (non-hydrogen) atoms. The summed E-state index contributed by atoms with van der Waals surface area (Å²) in [5, 5.41) is 8.27. The SMILES string of the molecule is CC(C)Cc1noc(CNc2cccc(P3(=O)CCCC3)c2)n1. The molecule has 1 aromatic heterocycles. The van der Waals surface area contributed by atoms with Crippen LogP contribution in [0.2, 0.25) is 0 Å². The zero-order valence-electron chi connectivity index (χ0n) is 13.8. The van der Waals surface area contributed by atoms with Gasteiger partial charge in [-0.3, -0.25) is 0 Å². The Bertz CT molecular complexity index is 701. The van der Waals surface area contributed by atoms with Gasteiger partial charge in [-0.2, -0.15) is 4.98 Å². The molecule has 6 heteroatoms. The summed E-state index contributed by atoms with van der Waals surface area (Å²) >= 11 is 0. The maximum Gasteiger partial charge on any atom is 0.245 e. The minimum Gasteiger partial charge on any atom is -0.376 e. The monoisotopic (exact) mass is 333 g/mol. The highest BCUT2D eigenvalue weighted by Gasteiger charge is 2.28. The topological polar surface area (TPSA) is 68.0 Å². The fourth-order valence-electron chi connectivity index (χ4n) is 2.96. The lowest BCUT2D eigenvalue weighted by molar-refractivity contribution is 0.375. The zero-order valence-corrected chi connectivity index (χ0v) is 14.7. The van der Waals surface area contributed by atoms with Gasteiger partial charge in [-0.15, -0.1) is 0 Å². The summed E-state index contributed by atoms with van der Waals surface area (Å²) in [6, 6.07) is 7.95. The summed E-state index contributed by atoms with van der Waals surface area (Å²) in [5.74, 6) is 1.84. The van der Waals surface area contributed by atoms with Gasteiger partial charge in [0.05, 0.1) is 6.54 Å². The van der Waals surface area contributed by atoms with Gasteiger partial charge in [0.15, 0.2) is 5.82 Å². The van der Waals surface area contributed by atoms with Crippen LogP contribution in [0.4, 0.5) is 5.69 Å². The van der Waals surface area contributed by atoms with E-state index in [4.69, 9.17) is 4.52 Å². The van der Waals surface area contributed by atoms with Crippen molar-refractivity contribution in [3.05, 3.63) is 36.0 Å². The molecule has 1 aliphatic heterocycles. The molecule has 1 aromatic carbocycles. The molecule has 0 atom stereocenters. The van der Waals surface area contributed by atoms with Crippen LogP contribution in [0.25, 0.3) is 0 Å². The van der Waals surface area contributed by atoms with E-state index in [0.29, 0.717) is 18.4 Å². The van der Waals surface area contributed by atoms with Crippen LogP contribution in [0.1, 0.15) is 38.4 Å². The maximum atomic E-state index is 12.9. The Labute approximate surface area is 137 Å². The Morgan fingerprint density at radius 3 is 2.83 bits per heavy atom. The lowest BCUT2D eigenvalue weighted by atomic mass is 10.1. The van der Waals surface area contributed by atoms with Crippen LogP contribution in [0.3, 0.4) is 0 Å². The first kappa shape index (κ1) is 16.3. The first-order valence-corrected chi connectivity index (χ1v) is 10.4. The molecule has 0 amide bonds. The third kappa shape index (κ3) is 4.03. The highest BCUT2D eigenvalue weighted by Crippen LogP contribution is 2.51. The Morgan fingerprint density at radius 1 is 1.30 bits per heavy atom. The summed E-state index contributed by atoms with van der Waals surface area (Å²) in [7, 11) is -2.15. The van der Waals surface area contributed by atoms with E-state index in [0.717, 1.165) is 48.4 Å². The summed E-state index contributed by atoms with van der Waals surface area (Å²) < 4.78 is 18.1. The largest absolute Gasteiger partial charge is 0.376 e. The van der Waals surface area contributed by atoms with Crippen molar-refractivity contribution in [3.8, 4) is 0 Å². The average Bonchev–Trinajstić information content (AvgIpc) is 3.15. The minimum absolute atomic E-state index is 0.485. The van der Waals surface area contributed by atoms with Crippen LogP contribution in [0, 0.1) is 5.92 Å². The number of benzene rings is 1. The molecule has 1 saturated heterocycles. The Hall–Kier alpha value is -1.61. The van der Waals surface area contributed by atoms with Crippen LogP contribution in [0.5, 0.6) is 0 Å². The van der Waals surface area contributed by atoms with Crippen molar-refractivity contribution in [1.29, 1.82) is 0 Å². The van der Waals surface area contributed by atoms with Crippen LogP contribution in [-0.2, 0) is 17.5 Å². The Balaban J connectivity index is 1.64. The van der Waals surface area contributed by atoms with Gasteiger partial charge >= 0.3 is 0 Å². The number of aromatic nitrogens is 2. The molecule has 2 heterocycles. The van der Waals surface area contributed by atoms with Gasteiger partial charge in [-0.25, -0.2) is 0 Å². The molecule has 0 spiro atoms. The smallest absolute Gasteiger partial charge is 0.245 e. The first-order valence-electron chi connectivity index (χ1n) is 8.29. The first-order chi connectivity index (χ1) is 11.0. The van der Waals surface area contributed by atoms with Crippen molar-refractivity contribution in [1.82, 2.24) is 10.1 Å². The third-order valence-electron chi connectivity index (χ3n) is 4.15. The summed E-state index contributed by atoms with van der Waals surface area (Å²) in [6.07, 6.45) is 4.67. The molecule has 0 aliphatic carbocycles. The van der Waals surface area contributed by atoms with Gasteiger partial charge < -0.3 is 14.4 Å². The molecule has 0 radical (unpaired) electrons. The fraction of sp³-hybridized carbons (Fsp3) is 0.529. The van der Waals surface area contributed by atoms with Gasteiger partial charge in [0.1, 0.15) is 7.14 Å². The number of nitrogens with one attached hydrogen (secondary N) is 1. The summed E-state index contributed by atoms with van der Waals surface area (Å²) in [5.41, 5.74) is 0.952. The molecule has 1 fully saturated rings. The van der Waals surface area contributed by atoms with Gasteiger partial charge in [0.25, 0.3) is 0 Å². The van der Waals surface area contributed by atoms with E-state index in [2.05, 4.69) is 29.3 Å². The maximum absolute atomic E-state index is 12.9. The predicted molar refractivity (Wildman–Crippen MR) is 92.8 cm³/mol. The van der Waals surface area contributed by atoms with Crippen molar-refractivity contribution in [2.24, 2.45) is 5.92 Å². The molecule has 1 N–H and O–H groups in total. The molecule has 0 bridgehead atoms. The highest BCUT2D eigenvalue weighted by atomic mass is 31.2. The van der Waals surface area contributed by atoms with Crippen molar-refractivity contribution < 1.29 is 9.09 Å². The molecule has 5 nitrogen and oxygen atoms in total. The highest BCUT2D eigenvalue weighted by molar-refractivity contribution is 7.71. The van der Waals surface area contributed by atoms with Gasteiger partial charge in [-0.1, -0.05) is 31.1 Å². The standard InChI is InChI=1S/C17H24N3O2P/c1-13(2)10-16-19-17(22-20-16)12-18-14-6-5-7-15(11-14)23(21)8-3-4-9-23/h5-7,11,13,18H,3-4,8-10,12H2,1-2H3. The van der Waals surface area contributed by atoms with E-state index in [1.165, 1.54) is 0 Å². The number of anilines is 1. The molecule has 0 saturated carbocycles. The van der Waals surface area contributed by atoms with Gasteiger partial charge in [0, 0.05) is 29.7 Å². The summed E-state index contributed by atoms with van der Waals surface area (Å²) in [6.45, 7) is 4.74. The Morgan fingerprint density at radius 2 is 2.09 bits per heavy atom. The lowest BCUT2D eigenvalue weighted by Crippen LogP contribution is -2.08. The summed E-state index contributed by atoms with van der Waals surface area (Å²) in [4.78, 5) is 4.38. The minimum atomic E-state index is -2.15. The number of nitrogens with zero attached hydrogens (tertiary/aromatic N) is 2. The van der Waals surface area contributed by atoms with Crippen LogP contribution >= 0.6 is 7.14 Å². The third-order valence-corrected chi connectivity index (χ3v) is 7.45. The van der Waals surface area contributed by atoms with E-state index >= 15 is 0 Å². The fourth-order valence-corrected chi connectivity index (χ4v) is 5.90. The second-order valence-electron chi connectivity index (χ2n) is 6.65. The Kier molecular flexibility index (Phi) is 4.86. The van der Waals surface area contributed by atoms with E-state index in [1.54, 1.807) is 0 Å². The molecular formula is C17H24N3O2P. The molecule has 1 aliphatic rings. The number of hydrogen-bond acceptors (Lipinski definition) is 5. The van der Waals surface area contributed by atoms with Crippen LogP contribution < -0.4 is 10.6 Å². The normalized spacial score (nSPS) is 16.8. The van der Waals surface area contributed by atoms with Crippen LogP contribution in [0.15, 0.2) is 28.8 Å². The lowest BCUT2D eigenvalue weighted by Gasteiger charge is -2.13. The van der Waals surface area contributed by atoms with E-state index in [9.17, 15) is 4.57 Å². The van der Waals surface area contributed by atoms with Crippen molar-refractivity contribution in [2.45, 2.75) is 39.7 Å². The predicted octanol–water partition coefficient (Wildman–Crippen LogP) is 3.66. The van der Waals surface area contributed by atoms with E-state index < -0.39 is 7.14 Å². The average molecular weight is 333 g/mol. The van der Waals surface area contributed by atoms with Crippen LogP contribution in [-0.4, -0.2) is 22.5 Å². The molecule has 124 valence electrons. The van der Waals surface area contributed by atoms with Gasteiger partial charge in [0.2, 0.25) is 5.89 Å². The molecular weight excluding hydrogens is 309 g/mol. The molecule has 0 unspecified atom stereocenters. The van der Waals surface area contributed by atoms with E-state index in [1.807, 2.05) is 24.3 Å².